The highest BCUT2D eigenvalue weighted by Crippen LogP contribution is 2.40. The molecule has 122 valence electrons. The van der Waals surface area contributed by atoms with Gasteiger partial charge in [0.15, 0.2) is 0 Å². The molecule has 7 nitrogen and oxygen atoms in total. The van der Waals surface area contributed by atoms with Crippen LogP contribution in [0.3, 0.4) is 0 Å². The molecule has 1 aromatic heterocycles. The van der Waals surface area contributed by atoms with Gasteiger partial charge in [0.2, 0.25) is 5.91 Å². The second-order valence-electron chi connectivity index (χ2n) is 5.13. The first-order valence-corrected chi connectivity index (χ1v) is 8.78. The molecule has 9 heteroatoms. The number of fused-ring (bicyclic) bond motifs is 1. The van der Waals surface area contributed by atoms with Crippen LogP contribution in [0, 0.1) is 0 Å². The van der Waals surface area contributed by atoms with Gasteiger partial charge in [-0.25, -0.2) is 4.79 Å². The van der Waals surface area contributed by atoms with E-state index in [2.05, 4.69) is 5.32 Å². The summed E-state index contributed by atoms with van der Waals surface area (Å²) in [5, 5.41) is 22.6. The average Bonchev–Trinajstić information content (AvgIpc) is 3.03. The van der Waals surface area contributed by atoms with Gasteiger partial charge in [-0.1, -0.05) is 6.07 Å². The first kappa shape index (κ1) is 16.0. The number of nitrogens with one attached hydrogen (secondary N) is 1. The molecule has 2 atom stereocenters. The number of aliphatic hydroxyl groups excluding tert-OH is 1. The summed E-state index contributed by atoms with van der Waals surface area (Å²) < 4.78 is 0. The molecular formula is C14H14N2O5S2. The molecule has 2 amide bonds. The molecule has 0 unspecified atom stereocenters. The molecule has 0 aromatic carbocycles. The number of carbonyl (C=O) groups is 3. The van der Waals surface area contributed by atoms with Crippen LogP contribution in [0.25, 0.3) is 0 Å². The van der Waals surface area contributed by atoms with E-state index in [0.717, 1.165) is 9.78 Å². The Hall–Kier alpha value is -1.84. The molecule has 0 saturated carbocycles. The highest BCUT2D eigenvalue weighted by Gasteiger charge is 2.54. The number of carboxylic acids is 1. The third-order valence-electron chi connectivity index (χ3n) is 3.67. The van der Waals surface area contributed by atoms with Crippen molar-refractivity contribution in [1.82, 2.24) is 10.2 Å². The number of aliphatic hydroxyl groups is 1. The maximum absolute atomic E-state index is 12.2. The number of hydrogen-bond acceptors (Lipinski definition) is 6. The van der Waals surface area contributed by atoms with Crippen molar-refractivity contribution < 1.29 is 24.6 Å². The average molecular weight is 354 g/mol. The minimum atomic E-state index is -1.24. The summed E-state index contributed by atoms with van der Waals surface area (Å²) in [5.74, 6) is -1.63. The molecule has 1 aromatic rings. The monoisotopic (exact) mass is 354 g/mol. The number of carbonyl (C=O) groups excluding carboxylic acids is 2. The van der Waals surface area contributed by atoms with Crippen molar-refractivity contribution in [1.29, 1.82) is 0 Å². The van der Waals surface area contributed by atoms with Crippen LogP contribution in [-0.4, -0.2) is 56.7 Å². The van der Waals surface area contributed by atoms with Crippen molar-refractivity contribution in [2.75, 3.05) is 12.4 Å². The number of rotatable bonds is 5. The van der Waals surface area contributed by atoms with Crippen molar-refractivity contribution in [3.8, 4) is 0 Å². The van der Waals surface area contributed by atoms with E-state index in [1.165, 1.54) is 23.1 Å². The quantitative estimate of drug-likeness (QED) is 0.644. The number of thioether (sulfide) groups is 1. The Morgan fingerprint density at radius 2 is 2.22 bits per heavy atom. The third-order valence-corrected chi connectivity index (χ3v) is 5.89. The zero-order valence-electron chi connectivity index (χ0n) is 11.9. The van der Waals surface area contributed by atoms with Gasteiger partial charge in [0, 0.05) is 10.6 Å². The lowest BCUT2D eigenvalue weighted by atomic mass is 10.0. The van der Waals surface area contributed by atoms with E-state index in [-0.39, 0.29) is 18.0 Å². The maximum Gasteiger partial charge on any atom is 0.352 e. The van der Waals surface area contributed by atoms with Crippen molar-refractivity contribution in [3.63, 3.8) is 0 Å². The Kier molecular flexibility index (Phi) is 4.42. The predicted octanol–water partition coefficient (Wildman–Crippen LogP) is 0.0215. The molecule has 1 saturated heterocycles. The van der Waals surface area contributed by atoms with Crippen molar-refractivity contribution in [3.05, 3.63) is 33.7 Å². The SMILES string of the molecule is O=C(Cc1cccs1)N[C@@H]1C(=O)N2C(C(=O)O)=C(CO)CS[C@H]12. The second-order valence-corrected chi connectivity index (χ2v) is 7.26. The lowest BCUT2D eigenvalue weighted by Crippen LogP contribution is -2.70. The van der Waals surface area contributed by atoms with Crippen LogP contribution < -0.4 is 5.32 Å². The van der Waals surface area contributed by atoms with Crippen LogP contribution in [-0.2, 0) is 20.8 Å². The summed E-state index contributed by atoms with van der Waals surface area (Å²) in [7, 11) is 0. The van der Waals surface area contributed by atoms with E-state index < -0.39 is 29.9 Å². The molecule has 3 heterocycles. The first-order chi connectivity index (χ1) is 11.0. The minimum absolute atomic E-state index is 0.162. The number of carboxylic acid groups (broad SMARTS) is 1. The van der Waals surface area contributed by atoms with Crippen LogP contribution in [0.5, 0.6) is 0 Å². The fraction of sp³-hybridized carbons (Fsp3) is 0.357. The van der Waals surface area contributed by atoms with E-state index in [1.54, 1.807) is 0 Å². The molecule has 3 N–H and O–H groups in total. The molecule has 1 fully saturated rings. The molecule has 2 aliphatic heterocycles. The minimum Gasteiger partial charge on any atom is -0.477 e. The van der Waals surface area contributed by atoms with Gasteiger partial charge in [0.05, 0.1) is 13.0 Å². The van der Waals surface area contributed by atoms with Crippen LogP contribution in [0.1, 0.15) is 4.88 Å². The normalized spacial score (nSPS) is 23.3. The predicted molar refractivity (Wildman–Crippen MR) is 84.8 cm³/mol. The van der Waals surface area contributed by atoms with Crippen molar-refractivity contribution in [2.24, 2.45) is 0 Å². The Labute approximate surface area is 140 Å². The number of β-lactam (4-membered cyclic amide) rings is 1. The van der Waals surface area contributed by atoms with Gasteiger partial charge in [-0.2, -0.15) is 0 Å². The molecule has 2 aliphatic rings. The fourth-order valence-electron chi connectivity index (χ4n) is 2.60. The van der Waals surface area contributed by atoms with Crippen LogP contribution >= 0.6 is 23.1 Å². The number of aliphatic carboxylic acids is 1. The van der Waals surface area contributed by atoms with Gasteiger partial charge >= 0.3 is 5.97 Å². The summed E-state index contributed by atoms with van der Waals surface area (Å²) in [5.41, 5.74) is 0.153. The Morgan fingerprint density at radius 3 is 2.83 bits per heavy atom. The summed E-state index contributed by atoms with van der Waals surface area (Å²) in [6.45, 7) is -0.402. The highest BCUT2D eigenvalue weighted by molar-refractivity contribution is 8.00. The molecule has 3 rings (SSSR count). The second kappa shape index (κ2) is 6.34. The largest absolute Gasteiger partial charge is 0.477 e. The molecule has 23 heavy (non-hydrogen) atoms. The van der Waals surface area contributed by atoms with E-state index in [4.69, 9.17) is 0 Å². The highest BCUT2D eigenvalue weighted by atomic mass is 32.2. The van der Waals surface area contributed by atoms with E-state index in [9.17, 15) is 24.6 Å². The lowest BCUT2D eigenvalue weighted by Gasteiger charge is -2.49. The van der Waals surface area contributed by atoms with Gasteiger partial charge in [-0.15, -0.1) is 23.1 Å². The number of thiophene rings is 1. The molecular weight excluding hydrogens is 340 g/mol. The first-order valence-electron chi connectivity index (χ1n) is 6.85. The maximum atomic E-state index is 12.2. The molecule has 0 radical (unpaired) electrons. The Morgan fingerprint density at radius 1 is 1.43 bits per heavy atom. The summed E-state index contributed by atoms with van der Waals surface area (Å²) >= 11 is 2.80. The Bertz CT molecular complexity index is 685. The van der Waals surface area contributed by atoms with E-state index in [1.807, 2.05) is 17.5 Å². The van der Waals surface area contributed by atoms with Crippen molar-refractivity contribution >= 4 is 40.9 Å². The van der Waals surface area contributed by atoms with Gasteiger partial charge in [0.1, 0.15) is 17.1 Å². The number of hydrogen-bond donors (Lipinski definition) is 3. The van der Waals surface area contributed by atoms with Gasteiger partial charge < -0.3 is 15.5 Å². The van der Waals surface area contributed by atoms with Crippen molar-refractivity contribution in [2.45, 2.75) is 17.8 Å². The lowest BCUT2D eigenvalue weighted by molar-refractivity contribution is -0.150. The van der Waals surface area contributed by atoms with Crippen LogP contribution in [0.4, 0.5) is 0 Å². The van der Waals surface area contributed by atoms with Gasteiger partial charge in [-0.05, 0) is 17.0 Å². The summed E-state index contributed by atoms with van der Waals surface area (Å²) in [4.78, 5) is 37.6. The standard InChI is InChI=1S/C14H14N2O5S2/c17-5-7-6-23-13-10(12(19)16(13)11(7)14(20)21)15-9(18)4-8-2-1-3-22-8/h1-3,10,13,17H,4-6H2,(H,15,18)(H,20,21)/t10-,13-/m1/s1. The van der Waals surface area contributed by atoms with E-state index in [0.29, 0.717) is 11.3 Å². The summed E-state index contributed by atoms with van der Waals surface area (Å²) in [6, 6.07) is 2.97. The smallest absolute Gasteiger partial charge is 0.352 e. The van der Waals surface area contributed by atoms with Gasteiger partial charge in [-0.3, -0.25) is 14.5 Å². The number of nitrogens with zero attached hydrogens (tertiary/aromatic N) is 1. The zero-order chi connectivity index (χ0) is 16.6. The van der Waals surface area contributed by atoms with Crippen LogP contribution in [0.15, 0.2) is 28.8 Å². The molecule has 0 spiro atoms. The van der Waals surface area contributed by atoms with Crippen LogP contribution in [0.2, 0.25) is 0 Å². The topological polar surface area (TPSA) is 107 Å². The Balaban J connectivity index is 1.69. The molecule has 0 bridgehead atoms. The zero-order valence-corrected chi connectivity index (χ0v) is 13.5. The number of amides is 2. The summed E-state index contributed by atoms with van der Waals surface area (Å²) in [6.07, 6.45) is 0.197. The third kappa shape index (κ3) is 2.87. The van der Waals surface area contributed by atoms with E-state index >= 15 is 0 Å². The van der Waals surface area contributed by atoms with Gasteiger partial charge in [0.25, 0.3) is 5.91 Å². The molecule has 0 aliphatic carbocycles. The fourth-order valence-corrected chi connectivity index (χ4v) is 4.64.